The zero-order chi connectivity index (χ0) is 56.4. The molecule has 0 bridgehead atoms. The fourth-order valence-electron chi connectivity index (χ4n) is 11.0. The van der Waals surface area contributed by atoms with E-state index in [1.165, 1.54) is 302 Å². The average molecular weight is 1100 g/mol. The number of nitrogens with one attached hydrogen (secondary N) is 1. The van der Waals surface area contributed by atoms with Crippen LogP contribution in [0.3, 0.4) is 0 Å². The second-order valence-electron chi connectivity index (χ2n) is 24.2. The van der Waals surface area contributed by atoms with E-state index >= 15 is 0 Å². The molecule has 78 heavy (non-hydrogen) atoms. The van der Waals surface area contributed by atoms with E-state index in [9.17, 15) is 19.8 Å². The summed E-state index contributed by atoms with van der Waals surface area (Å²) in [5.74, 6) is -0.0385. The van der Waals surface area contributed by atoms with Crippen molar-refractivity contribution >= 4 is 11.9 Å². The molecule has 0 aromatic heterocycles. The minimum absolute atomic E-state index is 0.00165. The number of carbonyl (C=O) groups is 2. The Morgan fingerprint density at radius 1 is 0.359 bits per heavy atom. The monoisotopic (exact) mass is 1100 g/mol. The van der Waals surface area contributed by atoms with Gasteiger partial charge in [0.2, 0.25) is 5.91 Å². The van der Waals surface area contributed by atoms with E-state index in [1.807, 2.05) is 0 Å². The van der Waals surface area contributed by atoms with E-state index < -0.39 is 12.1 Å². The largest absolute Gasteiger partial charge is 0.466 e. The van der Waals surface area contributed by atoms with Crippen LogP contribution in [0, 0.1) is 0 Å². The van der Waals surface area contributed by atoms with Crippen LogP contribution in [0.4, 0.5) is 0 Å². The van der Waals surface area contributed by atoms with Gasteiger partial charge in [-0.2, -0.15) is 0 Å². The third-order valence-corrected chi connectivity index (χ3v) is 16.4. The number of aliphatic hydroxyl groups is 2. The number of rotatable bonds is 66. The molecule has 3 N–H and O–H groups in total. The van der Waals surface area contributed by atoms with Crippen molar-refractivity contribution in [3.8, 4) is 0 Å². The number of amides is 1. The van der Waals surface area contributed by atoms with Gasteiger partial charge in [-0.1, -0.05) is 333 Å². The van der Waals surface area contributed by atoms with E-state index in [4.69, 9.17) is 4.74 Å². The SMILES string of the molecule is CCCC/C=C\CCCCCCCC(=O)OCCCCCCCCCCC/C=C\C/C=C\CCCCCCCCCCCC(=O)NC(CO)C(O)CCCCCCCCCCCCCCCCCCCCCCCCCCC. The summed E-state index contributed by atoms with van der Waals surface area (Å²) in [4.78, 5) is 24.6. The fraction of sp³-hybridized carbons (Fsp3) is 0.889. The van der Waals surface area contributed by atoms with Gasteiger partial charge >= 0.3 is 5.97 Å². The lowest BCUT2D eigenvalue weighted by atomic mass is 10.0. The highest BCUT2D eigenvalue weighted by Gasteiger charge is 2.20. The molecule has 0 aliphatic heterocycles. The molecule has 0 radical (unpaired) electrons. The molecule has 0 rings (SSSR count). The minimum atomic E-state index is -0.670. The predicted molar refractivity (Wildman–Crippen MR) is 343 cm³/mol. The van der Waals surface area contributed by atoms with Crippen molar-refractivity contribution in [2.45, 2.75) is 398 Å². The van der Waals surface area contributed by atoms with Crippen molar-refractivity contribution in [2.24, 2.45) is 0 Å². The minimum Gasteiger partial charge on any atom is -0.466 e. The third kappa shape index (κ3) is 63.3. The summed E-state index contributed by atoms with van der Waals surface area (Å²) in [5, 5.41) is 23.4. The fourth-order valence-corrected chi connectivity index (χ4v) is 11.0. The van der Waals surface area contributed by atoms with Gasteiger partial charge in [-0.25, -0.2) is 0 Å². The Morgan fingerprint density at radius 3 is 1.03 bits per heavy atom. The number of ether oxygens (including phenoxy) is 1. The Balaban J connectivity index is 3.44. The lowest BCUT2D eigenvalue weighted by molar-refractivity contribution is -0.143. The first-order valence-corrected chi connectivity index (χ1v) is 35.2. The normalized spacial score (nSPS) is 12.7. The first-order valence-electron chi connectivity index (χ1n) is 35.2. The second kappa shape index (κ2) is 67.6. The van der Waals surface area contributed by atoms with Crippen molar-refractivity contribution in [1.29, 1.82) is 0 Å². The maximum atomic E-state index is 12.6. The number of allylic oxidation sites excluding steroid dienone is 6. The number of carbonyl (C=O) groups excluding carboxylic acids is 2. The molecule has 0 aliphatic rings. The molecule has 0 heterocycles. The summed E-state index contributed by atoms with van der Waals surface area (Å²) in [6.45, 7) is 4.94. The maximum Gasteiger partial charge on any atom is 0.305 e. The van der Waals surface area contributed by atoms with Gasteiger partial charge in [0, 0.05) is 12.8 Å². The van der Waals surface area contributed by atoms with Gasteiger partial charge < -0.3 is 20.3 Å². The maximum absolute atomic E-state index is 12.6. The predicted octanol–water partition coefficient (Wildman–Crippen LogP) is 22.7. The molecule has 0 saturated heterocycles. The molecule has 460 valence electrons. The van der Waals surface area contributed by atoms with Crippen LogP contribution < -0.4 is 5.32 Å². The number of hydrogen-bond acceptors (Lipinski definition) is 5. The lowest BCUT2D eigenvalue weighted by Crippen LogP contribution is -2.45. The second-order valence-corrected chi connectivity index (χ2v) is 24.2. The zero-order valence-corrected chi connectivity index (χ0v) is 52.7. The molecule has 0 aromatic rings. The lowest BCUT2D eigenvalue weighted by Gasteiger charge is -2.22. The van der Waals surface area contributed by atoms with E-state index in [2.05, 4.69) is 55.6 Å². The molecule has 1 amide bonds. The van der Waals surface area contributed by atoms with E-state index in [0.29, 0.717) is 25.9 Å². The summed E-state index contributed by atoms with van der Waals surface area (Å²) in [6.07, 6.45) is 86.2. The molecule has 0 aromatic carbocycles. The molecule has 2 unspecified atom stereocenters. The summed E-state index contributed by atoms with van der Waals surface area (Å²) < 4.78 is 5.46. The molecule has 0 fully saturated rings. The molecular formula is C72H137NO5. The summed E-state index contributed by atoms with van der Waals surface area (Å²) in [6, 6.07) is -0.548. The van der Waals surface area contributed by atoms with Crippen LogP contribution in [0.5, 0.6) is 0 Å². The Kier molecular flexibility index (Phi) is 65.9. The third-order valence-electron chi connectivity index (χ3n) is 16.4. The highest BCUT2D eigenvalue weighted by molar-refractivity contribution is 5.76. The summed E-state index contributed by atoms with van der Waals surface area (Å²) in [7, 11) is 0. The van der Waals surface area contributed by atoms with Crippen LogP contribution in [0.25, 0.3) is 0 Å². The Hall–Kier alpha value is -1.92. The topological polar surface area (TPSA) is 95.9 Å². The Bertz CT molecular complexity index is 1260. The van der Waals surface area contributed by atoms with Gasteiger partial charge in [0.15, 0.2) is 0 Å². The smallest absolute Gasteiger partial charge is 0.305 e. The van der Waals surface area contributed by atoms with Crippen LogP contribution >= 0.6 is 0 Å². The molecule has 6 heteroatoms. The molecule has 6 nitrogen and oxygen atoms in total. The van der Waals surface area contributed by atoms with Crippen LogP contribution in [-0.2, 0) is 14.3 Å². The number of esters is 1. The molecular weight excluding hydrogens is 959 g/mol. The van der Waals surface area contributed by atoms with Crippen LogP contribution in [0.1, 0.15) is 386 Å². The first kappa shape index (κ1) is 76.1. The van der Waals surface area contributed by atoms with Crippen molar-refractivity contribution in [2.75, 3.05) is 13.2 Å². The zero-order valence-electron chi connectivity index (χ0n) is 52.7. The van der Waals surface area contributed by atoms with Crippen LogP contribution in [0.15, 0.2) is 36.5 Å². The number of unbranched alkanes of at least 4 members (excludes halogenated alkanes) is 49. The molecule has 0 spiro atoms. The van der Waals surface area contributed by atoms with E-state index in [-0.39, 0.29) is 18.5 Å². The van der Waals surface area contributed by atoms with Crippen LogP contribution in [-0.4, -0.2) is 47.4 Å². The van der Waals surface area contributed by atoms with Gasteiger partial charge in [-0.15, -0.1) is 0 Å². The van der Waals surface area contributed by atoms with Gasteiger partial charge in [0.1, 0.15) is 0 Å². The molecule has 2 atom stereocenters. The van der Waals surface area contributed by atoms with Crippen LogP contribution in [0.2, 0.25) is 0 Å². The summed E-state index contributed by atoms with van der Waals surface area (Å²) in [5.41, 5.74) is 0. The average Bonchev–Trinajstić information content (AvgIpc) is 3.44. The first-order chi connectivity index (χ1) is 38.5. The standard InChI is InChI=1S/C72H137NO5/c1-3-5-7-9-11-13-15-16-17-18-19-20-21-23-26-29-32-35-38-41-45-48-52-56-60-64-70(75)69(68-74)73-71(76)65-61-57-53-49-46-42-39-36-33-30-27-24-22-25-28-31-34-37-40-43-47-51-55-59-63-67-78-72(77)66-62-58-54-50-44-14-12-10-8-6-4-2/h10,12,24-25,27-28,69-70,74-75H,3-9,11,13-23,26,29-68H2,1-2H3,(H,73,76)/b12-10-,27-24-,28-25-. The Labute approximate surface area is 487 Å². The van der Waals surface area contributed by atoms with Crippen molar-refractivity contribution in [1.82, 2.24) is 5.32 Å². The van der Waals surface area contributed by atoms with Gasteiger partial charge in [0.25, 0.3) is 0 Å². The highest BCUT2D eigenvalue weighted by Crippen LogP contribution is 2.19. The van der Waals surface area contributed by atoms with E-state index in [0.717, 1.165) is 51.4 Å². The van der Waals surface area contributed by atoms with Crippen molar-refractivity contribution in [3.63, 3.8) is 0 Å². The van der Waals surface area contributed by atoms with Crippen molar-refractivity contribution in [3.05, 3.63) is 36.5 Å². The van der Waals surface area contributed by atoms with Gasteiger partial charge in [-0.05, 0) is 77.0 Å². The molecule has 0 saturated carbocycles. The highest BCUT2D eigenvalue weighted by atomic mass is 16.5. The molecule has 0 aliphatic carbocycles. The van der Waals surface area contributed by atoms with E-state index in [1.54, 1.807) is 0 Å². The van der Waals surface area contributed by atoms with Crippen molar-refractivity contribution < 1.29 is 24.5 Å². The summed E-state index contributed by atoms with van der Waals surface area (Å²) >= 11 is 0. The Morgan fingerprint density at radius 2 is 0.654 bits per heavy atom. The quantitative estimate of drug-likeness (QED) is 0.0320. The number of hydrogen-bond donors (Lipinski definition) is 3. The number of aliphatic hydroxyl groups excluding tert-OH is 2. The van der Waals surface area contributed by atoms with Gasteiger partial charge in [-0.3, -0.25) is 9.59 Å². The van der Waals surface area contributed by atoms with Gasteiger partial charge in [0.05, 0.1) is 25.4 Å².